The lowest BCUT2D eigenvalue weighted by atomic mass is 10.0. The highest BCUT2D eigenvalue weighted by Crippen LogP contribution is 2.26. The topological polar surface area (TPSA) is 41.9 Å². The third-order valence-electron chi connectivity index (χ3n) is 5.05. The number of rotatable bonds is 10. The summed E-state index contributed by atoms with van der Waals surface area (Å²) in [7, 11) is 3.67. The predicted octanol–water partition coefficient (Wildman–Crippen LogP) is 4.60. The van der Waals surface area contributed by atoms with Crippen LogP contribution in [0, 0.1) is 6.92 Å². The molecule has 3 aromatic carbocycles. The van der Waals surface area contributed by atoms with Crippen LogP contribution < -0.4 is 4.74 Å². The molecule has 0 saturated carbocycles. The van der Waals surface area contributed by atoms with Crippen molar-refractivity contribution in [2.24, 2.45) is 0 Å². The quantitative estimate of drug-likeness (QED) is 0.535. The number of aliphatic hydroxyl groups is 1. The van der Waals surface area contributed by atoms with Crippen LogP contribution in [0.1, 0.15) is 28.4 Å². The van der Waals surface area contributed by atoms with E-state index in [0.29, 0.717) is 6.54 Å². The Hall–Kier alpha value is -2.66. The largest absolute Gasteiger partial charge is 0.497 e. The van der Waals surface area contributed by atoms with Crippen LogP contribution in [0.15, 0.2) is 78.9 Å². The van der Waals surface area contributed by atoms with Crippen molar-refractivity contribution >= 4 is 0 Å². The smallest absolute Gasteiger partial charge is 0.119 e. The second kappa shape index (κ2) is 10.9. The molecule has 0 aromatic heterocycles. The van der Waals surface area contributed by atoms with Crippen LogP contribution >= 0.6 is 0 Å². The molecule has 0 bridgehead atoms. The molecular weight excluding hydrogens is 374 g/mol. The molecule has 1 N–H and O–H groups in total. The normalized spacial score (nSPS) is 13.2. The molecule has 0 saturated heterocycles. The standard InChI is InChI=1S/C26H31NO3/c1-20-12-14-23(15-13-20)26(22-9-5-4-6-10-22)30-19-24(28)18-27(2)17-21-8-7-11-25(16-21)29-3/h4-16,24,26,28H,17-19H2,1-3H3/t24-,26-/m0/s1. The molecule has 0 aliphatic heterocycles. The number of benzene rings is 3. The SMILES string of the molecule is COc1cccc(CN(C)C[C@H](O)CO[C@@H](c2ccccc2)c2ccc(C)cc2)c1. The minimum Gasteiger partial charge on any atom is -0.497 e. The van der Waals surface area contributed by atoms with E-state index < -0.39 is 6.10 Å². The van der Waals surface area contributed by atoms with Gasteiger partial charge in [-0.15, -0.1) is 0 Å². The summed E-state index contributed by atoms with van der Waals surface area (Å²) in [6.45, 7) is 3.58. The minimum atomic E-state index is -0.586. The maximum absolute atomic E-state index is 10.6. The summed E-state index contributed by atoms with van der Waals surface area (Å²) in [5.74, 6) is 0.841. The van der Waals surface area contributed by atoms with Gasteiger partial charge in [0.25, 0.3) is 0 Å². The third kappa shape index (κ3) is 6.42. The number of hydrogen-bond donors (Lipinski definition) is 1. The van der Waals surface area contributed by atoms with E-state index in [1.165, 1.54) is 5.56 Å². The Labute approximate surface area is 179 Å². The second-order valence-electron chi connectivity index (χ2n) is 7.74. The Morgan fingerprint density at radius 3 is 2.30 bits per heavy atom. The Kier molecular flexibility index (Phi) is 8.03. The molecule has 0 radical (unpaired) electrons. The maximum atomic E-state index is 10.6. The van der Waals surface area contributed by atoms with Gasteiger partial charge in [-0.2, -0.15) is 0 Å². The molecular formula is C26H31NO3. The predicted molar refractivity (Wildman–Crippen MR) is 121 cm³/mol. The lowest BCUT2D eigenvalue weighted by Crippen LogP contribution is -2.32. The van der Waals surface area contributed by atoms with Crippen LogP contribution in [0.5, 0.6) is 5.75 Å². The van der Waals surface area contributed by atoms with E-state index in [1.54, 1.807) is 7.11 Å². The first-order valence-electron chi connectivity index (χ1n) is 10.3. The van der Waals surface area contributed by atoms with Gasteiger partial charge >= 0.3 is 0 Å². The molecule has 0 unspecified atom stereocenters. The molecule has 4 heteroatoms. The number of likely N-dealkylation sites (N-methyl/N-ethyl adjacent to an activating group) is 1. The van der Waals surface area contributed by atoms with Crippen LogP contribution in [-0.4, -0.2) is 43.4 Å². The van der Waals surface area contributed by atoms with Crippen LogP contribution in [0.3, 0.4) is 0 Å². The molecule has 158 valence electrons. The number of methoxy groups -OCH3 is 1. The van der Waals surface area contributed by atoms with Crippen molar-refractivity contribution < 1.29 is 14.6 Å². The number of aliphatic hydroxyl groups excluding tert-OH is 1. The second-order valence-corrected chi connectivity index (χ2v) is 7.74. The van der Waals surface area contributed by atoms with Crippen LogP contribution in [0.4, 0.5) is 0 Å². The summed E-state index contributed by atoms with van der Waals surface area (Å²) < 4.78 is 11.5. The zero-order valence-corrected chi connectivity index (χ0v) is 18.0. The van der Waals surface area contributed by atoms with Gasteiger partial charge in [0.2, 0.25) is 0 Å². The summed E-state index contributed by atoms with van der Waals surface area (Å²) in [5.41, 5.74) is 4.53. The fourth-order valence-electron chi connectivity index (χ4n) is 3.52. The molecule has 2 atom stereocenters. The Morgan fingerprint density at radius 1 is 0.900 bits per heavy atom. The van der Waals surface area contributed by atoms with Gasteiger partial charge in [0.1, 0.15) is 11.9 Å². The van der Waals surface area contributed by atoms with Crippen molar-refractivity contribution in [3.8, 4) is 5.75 Å². The van der Waals surface area contributed by atoms with E-state index in [9.17, 15) is 5.11 Å². The molecule has 30 heavy (non-hydrogen) atoms. The van der Waals surface area contributed by atoms with Crippen LogP contribution in [-0.2, 0) is 11.3 Å². The first kappa shape index (κ1) is 22.0. The summed E-state index contributed by atoms with van der Waals surface area (Å²) >= 11 is 0. The first-order chi connectivity index (χ1) is 14.5. The zero-order chi connectivity index (χ0) is 21.3. The monoisotopic (exact) mass is 405 g/mol. The van der Waals surface area contributed by atoms with E-state index in [2.05, 4.69) is 54.3 Å². The van der Waals surface area contributed by atoms with Crippen molar-refractivity contribution in [1.29, 1.82) is 0 Å². The molecule has 0 aliphatic carbocycles. The summed E-state index contributed by atoms with van der Waals surface area (Å²) in [6, 6.07) is 26.5. The Bertz CT molecular complexity index is 896. The molecule has 0 spiro atoms. The molecule has 0 amide bonds. The van der Waals surface area contributed by atoms with Crippen molar-refractivity contribution in [3.63, 3.8) is 0 Å². The summed E-state index contributed by atoms with van der Waals surface area (Å²) in [5, 5.41) is 10.6. The van der Waals surface area contributed by atoms with Crippen LogP contribution in [0.2, 0.25) is 0 Å². The fraction of sp³-hybridized carbons (Fsp3) is 0.308. The maximum Gasteiger partial charge on any atom is 0.119 e. The van der Waals surface area contributed by atoms with Gasteiger partial charge in [-0.25, -0.2) is 0 Å². The molecule has 3 aromatic rings. The highest BCUT2D eigenvalue weighted by atomic mass is 16.5. The van der Waals surface area contributed by atoms with E-state index in [-0.39, 0.29) is 12.7 Å². The van der Waals surface area contributed by atoms with Gasteiger partial charge < -0.3 is 14.6 Å². The van der Waals surface area contributed by atoms with Crippen molar-refractivity contribution in [3.05, 3.63) is 101 Å². The molecule has 0 aliphatic rings. The molecule has 3 rings (SSSR count). The summed E-state index contributed by atoms with van der Waals surface area (Å²) in [6.07, 6.45) is -0.789. The van der Waals surface area contributed by atoms with Gasteiger partial charge in [-0.05, 0) is 42.8 Å². The Morgan fingerprint density at radius 2 is 1.60 bits per heavy atom. The zero-order valence-electron chi connectivity index (χ0n) is 18.0. The van der Waals surface area contributed by atoms with Gasteiger partial charge in [0.15, 0.2) is 0 Å². The molecule has 4 nitrogen and oxygen atoms in total. The minimum absolute atomic E-state index is 0.204. The highest BCUT2D eigenvalue weighted by Gasteiger charge is 2.17. The van der Waals surface area contributed by atoms with E-state index >= 15 is 0 Å². The van der Waals surface area contributed by atoms with E-state index in [1.807, 2.05) is 43.4 Å². The average molecular weight is 406 g/mol. The van der Waals surface area contributed by atoms with Crippen LogP contribution in [0.25, 0.3) is 0 Å². The van der Waals surface area contributed by atoms with Crippen molar-refractivity contribution in [2.75, 3.05) is 27.3 Å². The fourth-order valence-corrected chi connectivity index (χ4v) is 3.52. The number of ether oxygens (including phenoxy) is 2. The van der Waals surface area contributed by atoms with E-state index in [0.717, 1.165) is 29.0 Å². The van der Waals surface area contributed by atoms with Gasteiger partial charge in [-0.1, -0.05) is 72.3 Å². The first-order valence-corrected chi connectivity index (χ1v) is 10.3. The molecule has 0 heterocycles. The Balaban J connectivity index is 1.59. The summed E-state index contributed by atoms with van der Waals surface area (Å²) in [4.78, 5) is 2.09. The lowest BCUT2D eigenvalue weighted by Gasteiger charge is -2.24. The average Bonchev–Trinajstić information content (AvgIpc) is 2.76. The highest BCUT2D eigenvalue weighted by molar-refractivity contribution is 5.32. The number of aryl methyl sites for hydroxylation is 1. The van der Waals surface area contributed by atoms with Gasteiger partial charge in [0, 0.05) is 13.1 Å². The van der Waals surface area contributed by atoms with Gasteiger partial charge in [-0.3, -0.25) is 4.90 Å². The number of nitrogens with zero attached hydrogens (tertiary/aromatic N) is 1. The van der Waals surface area contributed by atoms with Crippen molar-refractivity contribution in [1.82, 2.24) is 4.90 Å². The number of hydrogen-bond acceptors (Lipinski definition) is 4. The molecule has 0 fully saturated rings. The van der Waals surface area contributed by atoms with Crippen molar-refractivity contribution in [2.45, 2.75) is 25.7 Å². The lowest BCUT2D eigenvalue weighted by molar-refractivity contribution is -0.00626. The van der Waals surface area contributed by atoms with Gasteiger partial charge in [0.05, 0.1) is 19.8 Å². The third-order valence-corrected chi connectivity index (χ3v) is 5.05. The van der Waals surface area contributed by atoms with E-state index in [4.69, 9.17) is 9.47 Å².